The monoisotopic (exact) mass is 435 g/mol. The lowest BCUT2D eigenvalue weighted by Crippen LogP contribution is -2.13. The second-order valence-electron chi connectivity index (χ2n) is 8.54. The molecule has 1 N–H and O–H groups in total. The molecule has 1 rings (SSSR count). The van der Waals surface area contributed by atoms with E-state index in [1.54, 1.807) is 0 Å². The fraction of sp³-hybridized carbons (Fsp3) is 0.724. The maximum atomic E-state index is 12.7. The summed E-state index contributed by atoms with van der Waals surface area (Å²) in [4.78, 5) is 0. The number of halogens is 1. The lowest BCUT2D eigenvalue weighted by Gasteiger charge is -2.25. The molecule has 0 aliphatic heterocycles. The van der Waals surface area contributed by atoms with Gasteiger partial charge in [-0.3, -0.25) is 0 Å². The van der Waals surface area contributed by atoms with Gasteiger partial charge in [-0.2, -0.15) is 0 Å². The summed E-state index contributed by atoms with van der Waals surface area (Å²) in [5.41, 5.74) is 2.40. The van der Waals surface area contributed by atoms with E-state index in [2.05, 4.69) is 52.9 Å². The zero-order chi connectivity index (χ0) is 24.1. The fourth-order valence-electron chi connectivity index (χ4n) is 4.14. The standard InChI is InChI=1S/C14H20FN.C13H28.C2H6/c1-11(10-12(2)16-3)4-5-13-6-8-14(15)9-7-13;1-5-9-12(8-4)13(10-6-2)11-7-3;1-2/h6-11,16H,4-5H2,1-3H3;12-13H,5-11H2,1-4H3;1-2H3/b12-10-;;. The second kappa shape index (κ2) is 21.9. The van der Waals surface area contributed by atoms with Crippen molar-refractivity contribution in [1.82, 2.24) is 5.32 Å². The number of allylic oxidation sites excluding steroid dienone is 2. The van der Waals surface area contributed by atoms with Gasteiger partial charge in [0.05, 0.1) is 0 Å². The van der Waals surface area contributed by atoms with Crippen LogP contribution < -0.4 is 5.32 Å². The molecule has 1 aromatic carbocycles. The third-order valence-corrected chi connectivity index (χ3v) is 5.90. The summed E-state index contributed by atoms with van der Waals surface area (Å²) >= 11 is 0. The Balaban J connectivity index is 0. The van der Waals surface area contributed by atoms with Crippen LogP contribution in [0.1, 0.15) is 112 Å². The van der Waals surface area contributed by atoms with Gasteiger partial charge in [0.2, 0.25) is 0 Å². The van der Waals surface area contributed by atoms with Crippen LogP contribution in [0.15, 0.2) is 36.0 Å². The Morgan fingerprint density at radius 2 is 1.35 bits per heavy atom. The van der Waals surface area contributed by atoms with Gasteiger partial charge in [0.25, 0.3) is 0 Å². The van der Waals surface area contributed by atoms with Crippen LogP contribution in [0.2, 0.25) is 0 Å². The van der Waals surface area contributed by atoms with Gasteiger partial charge in [0.15, 0.2) is 0 Å². The summed E-state index contributed by atoms with van der Waals surface area (Å²) in [7, 11) is 1.93. The van der Waals surface area contributed by atoms with Crippen molar-refractivity contribution in [1.29, 1.82) is 0 Å². The predicted octanol–water partition coefficient (Wildman–Crippen LogP) is 9.57. The topological polar surface area (TPSA) is 12.0 Å². The van der Waals surface area contributed by atoms with Gasteiger partial charge in [-0.1, -0.05) is 112 Å². The minimum absolute atomic E-state index is 0.164. The van der Waals surface area contributed by atoms with E-state index in [4.69, 9.17) is 0 Å². The summed E-state index contributed by atoms with van der Waals surface area (Å²) in [6.45, 7) is 17.6. The summed E-state index contributed by atoms with van der Waals surface area (Å²) in [6, 6.07) is 6.76. The van der Waals surface area contributed by atoms with Crippen LogP contribution in [-0.2, 0) is 6.42 Å². The molecular weight excluding hydrogens is 381 g/mol. The quantitative estimate of drug-likeness (QED) is 0.325. The minimum Gasteiger partial charge on any atom is -0.392 e. The maximum Gasteiger partial charge on any atom is 0.123 e. The van der Waals surface area contributed by atoms with E-state index in [0.29, 0.717) is 5.92 Å². The highest BCUT2D eigenvalue weighted by atomic mass is 19.1. The molecule has 2 atom stereocenters. The van der Waals surface area contributed by atoms with Crippen LogP contribution in [-0.4, -0.2) is 7.05 Å². The molecule has 2 unspecified atom stereocenters. The molecule has 1 aromatic rings. The molecule has 0 spiro atoms. The molecule has 0 saturated heterocycles. The summed E-state index contributed by atoms with van der Waals surface area (Å²) in [5.74, 6) is 2.39. The first-order chi connectivity index (χ1) is 14.9. The van der Waals surface area contributed by atoms with Crippen LogP contribution in [0.5, 0.6) is 0 Å². The van der Waals surface area contributed by atoms with E-state index in [1.807, 2.05) is 33.0 Å². The molecule has 0 amide bonds. The highest BCUT2D eigenvalue weighted by Gasteiger charge is 2.17. The Labute approximate surface area is 195 Å². The maximum absolute atomic E-state index is 12.7. The molecule has 0 aliphatic carbocycles. The first-order valence-electron chi connectivity index (χ1n) is 13.0. The van der Waals surface area contributed by atoms with Crippen LogP contribution in [0, 0.1) is 23.6 Å². The number of rotatable bonds is 13. The molecule has 0 fully saturated rings. The summed E-state index contributed by atoms with van der Waals surface area (Å²) < 4.78 is 12.7. The molecule has 0 heterocycles. The Kier molecular flexibility index (Phi) is 22.5. The van der Waals surface area contributed by atoms with E-state index in [0.717, 1.165) is 24.7 Å². The number of aryl methyl sites for hydroxylation is 1. The lowest BCUT2D eigenvalue weighted by molar-refractivity contribution is 0.264. The number of nitrogens with one attached hydrogen (secondary N) is 1. The largest absolute Gasteiger partial charge is 0.392 e. The molecule has 0 saturated carbocycles. The van der Waals surface area contributed by atoms with Gasteiger partial charge >= 0.3 is 0 Å². The number of hydrogen-bond donors (Lipinski definition) is 1. The number of benzene rings is 1. The molecule has 182 valence electrons. The molecule has 2 heteroatoms. The van der Waals surface area contributed by atoms with Crippen LogP contribution >= 0.6 is 0 Å². The summed E-state index contributed by atoms with van der Waals surface area (Å²) in [5, 5.41) is 3.11. The van der Waals surface area contributed by atoms with E-state index >= 15 is 0 Å². The van der Waals surface area contributed by atoms with Gasteiger partial charge in [-0.05, 0) is 55.2 Å². The van der Waals surface area contributed by atoms with Gasteiger partial charge in [0.1, 0.15) is 5.82 Å². The molecule has 0 aromatic heterocycles. The van der Waals surface area contributed by atoms with Crippen LogP contribution in [0.4, 0.5) is 4.39 Å². The van der Waals surface area contributed by atoms with Crippen molar-refractivity contribution in [3.63, 3.8) is 0 Å². The zero-order valence-corrected chi connectivity index (χ0v) is 22.4. The lowest BCUT2D eigenvalue weighted by atomic mass is 9.81. The normalized spacial score (nSPS) is 12.9. The Hall–Kier alpha value is -1.31. The van der Waals surface area contributed by atoms with Gasteiger partial charge in [-0.15, -0.1) is 0 Å². The van der Waals surface area contributed by atoms with Crippen LogP contribution in [0.25, 0.3) is 0 Å². The molecule has 0 aliphatic rings. The highest BCUT2D eigenvalue weighted by molar-refractivity contribution is 5.16. The van der Waals surface area contributed by atoms with Crippen molar-refractivity contribution in [2.75, 3.05) is 7.05 Å². The van der Waals surface area contributed by atoms with Crippen molar-refractivity contribution in [2.45, 2.75) is 113 Å². The second-order valence-corrected chi connectivity index (χ2v) is 8.54. The Bertz CT molecular complexity index is 514. The van der Waals surface area contributed by atoms with Crippen molar-refractivity contribution in [3.8, 4) is 0 Å². The van der Waals surface area contributed by atoms with E-state index in [9.17, 15) is 4.39 Å². The summed E-state index contributed by atoms with van der Waals surface area (Å²) in [6.07, 6.45) is 14.1. The third kappa shape index (κ3) is 17.0. The van der Waals surface area contributed by atoms with E-state index < -0.39 is 0 Å². The van der Waals surface area contributed by atoms with Crippen molar-refractivity contribution in [2.24, 2.45) is 17.8 Å². The molecule has 0 bridgehead atoms. The number of hydrogen-bond acceptors (Lipinski definition) is 1. The van der Waals surface area contributed by atoms with Gasteiger partial charge < -0.3 is 5.32 Å². The Morgan fingerprint density at radius 3 is 1.77 bits per heavy atom. The molecule has 31 heavy (non-hydrogen) atoms. The van der Waals surface area contributed by atoms with Gasteiger partial charge in [-0.25, -0.2) is 4.39 Å². The third-order valence-electron chi connectivity index (χ3n) is 5.90. The van der Waals surface area contributed by atoms with Crippen molar-refractivity contribution >= 4 is 0 Å². The average Bonchev–Trinajstić information content (AvgIpc) is 2.78. The molecule has 0 radical (unpaired) electrons. The molecule has 1 nitrogen and oxygen atoms in total. The van der Waals surface area contributed by atoms with Crippen molar-refractivity contribution < 1.29 is 4.39 Å². The zero-order valence-electron chi connectivity index (χ0n) is 22.4. The first-order valence-corrected chi connectivity index (χ1v) is 13.0. The Morgan fingerprint density at radius 1 is 0.871 bits per heavy atom. The first kappa shape index (κ1) is 31.9. The van der Waals surface area contributed by atoms with E-state index in [1.165, 1.54) is 68.3 Å². The minimum atomic E-state index is -0.164. The average molecular weight is 436 g/mol. The van der Waals surface area contributed by atoms with Crippen molar-refractivity contribution in [3.05, 3.63) is 47.4 Å². The SMILES string of the molecule is CC.CCCC(CC)C(CCC)CCC.CN/C(C)=C\C(C)CCc1ccc(F)cc1. The predicted molar refractivity (Wildman–Crippen MR) is 140 cm³/mol. The van der Waals surface area contributed by atoms with E-state index in [-0.39, 0.29) is 5.82 Å². The fourth-order valence-corrected chi connectivity index (χ4v) is 4.14. The smallest absolute Gasteiger partial charge is 0.123 e. The molecular formula is C29H54FN. The van der Waals surface area contributed by atoms with Gasteiger partial charge in [0, 0.05) is 12.7 Å². The highest BCUT2D eigenvalue weighted by Crippen LogP contribution is 2.29. The van der Waals surface area contributed by atoms with Crippen LogP contribution in [0.3, 0.4) is 0 Å².